The van der Waals surface area contributed by atoms with Crippen LogP contribution < -0.4 is 5.32 Å². The SMILES string of the molecule is Cc1cc(C)c(C2Nc3ccc(S(=O)(=O)N4CCOCC4)cc3C3C=CCC32)c(C)c1. The van der Waals surface area contributed by atoms with Gasteiger partial charge in [-0.05, 0) is 73.6 Å². The zero-order chi connectivity index (χ0) is 21.8. The molecule has 2 aromatic rings. The number of aryl methyl sites for hydroxylation is 3. The average Bonchev–Trinajstić information content (AvgIpc) is 3.24. The van der Waals surface area contributed by atoms with E-state index < -0.39 is 10.0 Å². The Bertz CT molecular complexity index is 1130. The molecule has 1 aliphatic carbocycles. The molecule has 0 saturated carbocycles. The van der Waals surface area contributed by atoms with Crippen LogP contribution in [0.5, 0.6) is 0 Å². The molecule has 2 aromatic carbocycles. The topological polar surface area (TPSA) is 58.6 Å². The Balaban J connectivity index is 1.54. The highest BCUT2D eigenvalue weighted by atomic mass is 32.2. The first kappa shape index (κ1) is 20.7. The molecular weight excluding hydrogens is 408 g/mol. The fourth-order valence-corrected chi connectivity index (χ4v) is 7.08. The van der Waals surface area contributed by atoms with Gasteiger partial charge in [-0.1, -0.05) is 29.8 Å². The fourth-order valence-electron chi connectivity index (χ4n) is 5.64. The standard InChI is InChI=1S/C25H30N2O3S/c1-16-13-17(2)24(18(3)14-16)25-21-6-4-5-20(21)22-15-19(7-8-23(22)26-25)31(28,29)27-9-11-30-12-10-27/h4-5,7-8,13-15,20-21,25-26H,6,9-12H2,1-3H3. The van der Waals surface area contributed by atoms with Gasteiger partial charge in [0.15, 0.2) is 0 Å². The van der Waals surface area contributed by atoms with Gasteiger partial charge in [-0.2, -0.15) is 4.31 Å². The molecule has 0 radical (unpaired) electrons. The molecule has 6 heteroatoms. The van der Waals surface area contributed by atoms with Crippen molar-refractivity contribution in [3.05, 3.63) is 70.3 Å². The Hall–Kier alpha value is -2.15. The second-order valence-corrected chi connectivity index (χ2v) is 11.0. The van der Waals surface area contributed by atoms with Crippen LogP contribution in [0.1, 0.15) is 46.2 Å². The van der Waals surface area contributed by atoms with Gasteiger partial charge < -0.3 is 10.1 Å². The molecule has 1 N–H and O–H groups in total. The van der Waals surface area contributed by atoms with Gasteiger partial charge in [-0.3, -0.25) is 0 Å². The highest BCUT2D eigenvalue weighted by Gasteiger charge is 2.40. The van der Waals surface area contributed by atoms with Gasteiger partial charge in [-0.25, -0.2) is 8.42 Å². The lowest BCUT2D eigenvalue weighted by Gasteiger charge is -2.39. The van der Waals surface area contributed by atoms with Crippen LogP contribution in [0.25, 0.3) is 0 Å². The van der Waals surface area contributed by atoms with Gasteiger partial charge in [0.1, 0.15) is 0 Å². The normalized spacial score (nSPS) is 25.7. The van der Waals surface area contributed by atoms with Crippen LogP contribution in [-0.4, -0.2) is 39.0 Å². The summed E-state index contributed by atoms with van der Waals surface area (Å²) < 4.78 is 33.3. The van der Waals surface area contributed by atoms with Crippen molar-refractivity contribution >= 4 is 15.7 Å². The minimum atomic E-state index is -3.51. The van der Waals surface area contributed by atoms with Crippen molar-refractivity contribution in [2.24, 2.45) is 5.92 Å². The number of hydrogen-bond donors (Lipinski definition) is 1. The second kappa shape index (κ2) is 7.76. The van der Waals surface area contributed by atoms with E-state index in [1.807, 2.05) is 12.1 Å². The smallest absolute Gasteiger partial charge is 0.243 e. The Morgan fingerprint density at radius 3 is 2.45 bits per heavy atom. The average molecular weight is 439 g/mol. The number of rotatable bonds is 3. The lowest BCUT2D eigenvalue weighted by atomic mass is 9.75. The number of morpholine rings is 1. The summed E-state index contributed by atoms with van der Waals surface area (Å²) in [5, 5.41) is 3.78. The Morgan fingerprint density at radius 1 is 1.03 bits per heavy atom. The molecule has 0 bridgehead atoms. The number of hydrogen-bond acceptors (Lipinski definition) is 4. The molecular formula is C25H30N2O3S. The largest absolute Gasteiger partial charge is 0.379 e. The number of anilines is 1. The van der Waals surface area contributed by atoms with E-state index in [1.54, 1.807) is 6.07 Å². The molecule has 1 saturated heterocycles. The first-order chi connectivity index (χ1) is 14.9. The van der Waals surface area contributed by atoms with Crippen LogP contribution in [0.2, 0.25) is 0 Å². The van der Waals surface area contributed by atoms with E-state index in [0.29, 0.717) is 37.1 Å². The van der Waals surface area contributed by atoms with Gasteiger partial charge in [0.2, 0.25) is 10.0 Å². The number of nitrogens with zero attached hydrogens (tertiary/aromatic N) is 1. The molecule has 3 unspecified atom stereocenters. The summed E-state index contributed by atoms with van der Waals surface area (Å²) in [7, 11) is -3.51. The van der Waals surface area contributed by atoms with Crippen LogP contribution in [0, 0.1) is 26.7 Å². The fraction of sp³-hybridized carbons (Fsp3) is 0.440. The molecule has 2 aliphatic heterocycles. The van der Waals surface area contributed by atoms with Gasteiger partial charge >= 0.3 is 0 Å². The second-order valence-electron chi connectivity index (χ2n) is 9.05. The van der Waals surface area contributed by atoms with Crippen molar-refractivity contribution in [3.8, 4) is 0 Å². The van der Waals surface area contributed by atoms with Gasteiger partial charge in [-0.15, -0.1) is 0 Å². The molecule has 31 heavy (non-hydrogen) atoms. The minimum Gasteiger partial charge on any atom is -0.379 e. The van der Waals surface area contributed by atoms with Crippen LogP contribution in [0.3, 0.4) is 0 Å². The number of ether oxygens (including phenoxy) is 1. The first-order valence-electron chi connectivity index (χ1n) is 11.1. The summed E-state index contributed by atoms with van der Waals surface area (Å²) in [6, 6.07) is 10.3. The van der Waals surface area contributed by atoms with E-state index in [4.69, 9.17) is 4.74 Å². The molecule has 164 valence electrons. The van der Waals surface area contributed by atoms with E-state index in [0.717, 1.165) is 17.7 Å². The van der Waals surface area contributed by atoms with E-state index in [9.17, 15) is 8.42 Å². The predicted octanol–water partition coefficient (Wildman–Crippen LogP) is 4.46. The van der Waals surface area contributed by atoms with Crippen LogP contribution >= 0.6 is 0 Å². The van der Waals surface area contributed by atoms with Crippen LogP contribution in [-0.2, 0) is 14.8 Å². The van der Waals surface area contributed by atoms with Gasteiger partial charge in [0, 0.05) is 24.7 Å². The molecule has 3 aliphatic rings. The van der Waals surface area contributed by atoms with Crippen LogP contribution in [0.4, 0.5) is 5.69 Å². The highest BCUT2D eigenvalue weighted by Crippen LogP contribution is 2.51. The highest BCUT2D eigenvalue weighted by molar-refractivity contribution is 7.89. The molecule has 0 spiro atoms. The lowest BCUT2D eigenvalue weighted by Crippen LogP contribution is -2.40. The van der Waals surface area contributed by atoms with Crippen molar-refractivity contribution in [2.45, 2.75) is 44.0 Å². The number of benzene rings is 2. The van der Waals surface area contributed by atoms with Crippen molar-refractivity contribution in [2.75, 3.05) is 31.6 Å². The molecule has 3 atom stereocenters. The van der Waals surface area contributed by atoms with E-state index in [2.05, 4.69) is 50.4 Å². The zero-order valence-electron chi connectivity index (χ0n) is 18.4. The predicted molar refractivity (Wildman–Crippen MR) is 123 cm³/mol. The maximum atomic E-state index is 13.2. The summed E-state index contributed by atoms with van der Waals surface area (Å²) in [6.07, 6.45) is 5.51. The van der Waals surface area contributed by atoms with Crippen LogP contribution in [0.15, 0.2) is 47.4 Å². The molecule has 2 heterocycles. The third kappa shape index (κ3) is 3.51. The minimum absolute atomic E-state index is 0.217. The van der Waals surface area contributed by atoms with E-state index >= 15 is 0 Å². The Morgan fingerprint density at radius 2 is 1.74 bits per heavy atom. The van der Waals surface area contributed by atoms with Gasteiger partial charge in [0.25, 0.3) is 0 Å². The Labute approximate surface area is 185 Å². The third-order valence-electron chi connectivity index (χ3n) is 6.99. The molecule has 5 nitrogen and oxygen atoms in total. The quantitative estimate of drug-likeness (QED) is 0.719. The van der Waals surface area contributed by atoms with Gasteiger partial charge in [0.05, 0.1) is 24.2 Å². The monoisotopic (exact) mass is 438 g/mol. The van der Waals surface area contributed by atoms with Crippen molar-refractivity contribution < 1.29 is 13.2 Å². The number of nitrogens with one attached hydrogen (secondary N) is 1. The number of allylic oxidation sites excluding steroid dienone is 2. The first-order valence-corrected chi connectivity index (χ1v) is 12.5. The molecule has 0 aromatic heterocycles. The maximum absolute atomic E-state index is 13.2. The lowest BCUT2D eigenvalue weighted by molar-refractivity contribution is 0.0730. The Kier molecular flexibility index (Phi) is 5.19. The summed E-state index contributed by atoms with van der Waals surface area (Å²) in [6.45, 7) is 8.27. The van der Waals surface area contributed by atoms with E-state index in [-0.39, 0.29) is 12.0 Å². The van der Waals surface area contributed by atoms with Crippen molar-refractivity contribution in [1.82, 2.24) is 4.31 Å². The summed E-state index contributed by atoms with van der Waals surface area (Å²) >= 11 is 0. The van der Waals surface area contributed by atoms with Crippen molar-refractivity contribution in [1.29, 1.82) is 0 Å². The molecule has 1 fully saturated rings. The maximum Gasteiger partial charge on any atom is 0.243 e. The molecule has 0 amide bonds. The number of fused-ring (bicyclic) bond motifs is 3. The molecule has 5 rings (SSSR count). The summed E-state index contributed by atoms with van der Waals surface area (Å²) in [4.78, 5) is 0.384. The van der Waals surface area contributed by atoms with Crippen molar-refractivity contribution in [3.63, 3.8) is 0 Å². The number of sulfonamides is 1. The summed E-state index contributed by atoms with van der Waals surface area (Å²) in [5.74, 6) is 0.607. The zero-order valence-corrected chi connectivity index (χ0v) is 19.2. The third-order valence-corrected chi connectivity index (χ3v) is 8.89. The van der Waals surface area contributed by atoms with E-state index in [1.165, 1.54) is 26.6 Å². The summed E-state index contributed by atoms with van der Waals surface area (Å²) in [5.41, 5.74) is 7.42.